The summed E-state index contributed by atoms with van der Waals surface area (Å²) >= 11 is 0. The van der Waals surface area contributed by atoms with E-state index in [1.165, 1.54) is 24.8 Å². The van der Waals surface area contributed by atoms with Gasteiger partial charge in [-0.2, -0.15) is 0 Å². The summed E-state index contributed by atoms with van der Waals surface area (Å²) < 4.78 is 6.06. The monoisotopic (exact) mass is 248 g/mol. The molecule has 18 heavy (non-hydrogen) atoms. The second-order valence-electron chi connectivity index (χ2n) is 5.36. The first-order valence-electron chi connectivity index (χ1n) is 7.00. The summed E-state index contributed by atoms with van der Waals surface area (Å²) in [4.78, 5) is 4.33. The van der Waals surface area contributed by atoms with E-state index in [1.807, 2.05) is 19.3 Å². The maximum Gasteiger partial charge on any atom is 0.213 e. The number of hydrogen-bond donors (Lipinski definition) is 1. The van der Waals surface area contributed by atoms with Gasteiger partial charge in [0.05, 0.1) is 0 Å². The Labute approximate surface area is 110 Å². The van der Waals surface area contributed by atoms with Crippen LogP contribution in [0.4, 0.5) is 0 Å². The zero-order chi connectivity index (χ0) is 13.0. The van der Waals surface area contributed by atoms with Gasteiger partial charge in [0.25, 0.3) is 0 Å². The third-order valence-corrected chi connectivity index (χ3v) is 4.00. The molecule has 1 fully saturated rings. The molecule has 1 heterocycles. The average molecular weight is 248 g/mol. The molecule has 0 amide bonds. The fourth-order valence-corrected chi connectivity index (χ4v) is 2.54. The van der Waals surface area contributed by atoms with Crippen LogP contribution in [0.1, 0.15) is 51.1 Å². The van der Waals surface area contributed by atoms with Crippen LogP contribution in [0.15, 0.2) is 18.3 Å². The van der Waals surface area contributed by atoms with Gasteiger partial charge >= 0.3 is 0 Å². The highest BCUT2D eigenvalue weighted by Gasteiger charge is 2.23. The lowest BCUT2D eigenvalue weighted by Gasteiger charge is -2.29. The Morgan fingerprint density at radius 3 is 2.89 bits per heavy atom. The summed E-state index contributed by atoms with van der Waals surface area (Å²) in [5, 5.41) is 3.24. The van der Waals surface area contributed by atoms with Crippen LogP contribution in [0.2, 0.25) is 0 Å². The van der Waals surface area contributed by atoms with Gasteiger partial charge in [-0.1, -0.05) is 13.3 Å². The van der Waals surface area contributed by atoms with Crippen molar-refractivity contribution in [3.05, 3.63) is 23.9 Å². The highest BCUT2D eigenvalue weighted by atomic mass is 16.5. The summed E-state index contributed by atoms with van der Waals surface area (Å²) in [6.45, 7) is 4.42. The van der Waals surface area contributed by atoms with Crippen LogP contribution >= 0.6 is 0 Å². The molecule has 1 aliphatic rings. The number of nitrogens with zero attached hydrogens (tertiary/aromatic N) is 1. The van der Waals surface area contributed by atoms with Crippen LogP contribution in [0.3, 0.4) is 0 Å². The number of hydrogen-bond acceptors (Lipinski definition) is 3. The van der Waals surface area contributed by atoms with Gasteiger partial charge in [-0.25, -0.2) is 4.98 Å². The van der Waals surface area contributed by atoms with E-state index in [0.717, 1.165) is 12.3 Å². The molecule has 3 heteroatoms. The number of pyridine rings is 1. The van der Waals surface area contributed by atoms with E-state index in [1.54, 1.807) is 0 Å². The molecule has 3 nitrogen and oxygen atoms in total. The number of nitrogens with one attached hydrogen (secondary N) is 1. The number of ether oxygens (including phenoxy) is 1. The fourth-order valence-electron chi connectivity index (χ4n) is 2.54. The second-order valence-corrected chi connectivity index (χ2v) is 5.36. The van der Waals surface area contributed by atoms with Crippen molar-refractivity contribution in [3.8, 4) is 5.88 Å². The normalized spacial score (nSPS) is 25.7. The van der Waals surface area contributed by atoms with Crippen molar-refractivity contribution in [1.82, 2.24) is 10.3 Å². The topological polar surface area (TPSA) is 34.2 Å². The molecule has 0 saturated heterocycles. The molecule has 1 aromatic heterocycles. The zero-order valence-corrected chi connectivity index (χ0v) is 11.6. The molecule has 2 rings (SSSR count). The van der Waals surface area contributed by atoms with E-state index in [2.05, 4.69) is 30.2 Å². The Bertz CT molecular complexity index is 381. The van der Waals surface area contributed by atoms with Crippen molar-refractivity contribution in [3.63, 3.8) is 0 Å². The highest BCUT2D eigenvalue weighted by molar-refractivity contribution is 5.23. The minimum absolute atomic E-state index is 0.333. The SMILES string of the molecule is CNC(C)c1ccnc(OC2CCCCC2C)c1. The van der Waals surface area contributed by atoms with E-state index in [0.29, 0.717) is 18.1 Å². The van der Waals surface area contributed by atoms with Crippen LogP contribution in [0, 0.1) is 5.92 Å². The summed E-state index contributed by atoms with van der Waals surface area (Å²) in [6.07, 6.45) is 7.23. The second kappa shape index (κ2) is 6.19. The van der Waals surface area contributed by atoms with Crippen molar-refractivity contribution < 1.29 is 4.74 Å². The van der Waals surface area contributed by atoms with Crippen LogP contribution in [-0.2, 0) is 0 Å². The van der Waals surface area contributed by atoms with Crippen molar-refractivity contribution >= 4 is 0 Å². The smallest absolute Gasteiger partial charge is 0.213 e. The summed E-state index contributed by atoms with van der Waals surface area (Å²) in [6, 6.07) is 4.43. The Morgan fingerprint density at radius 2 is 2.17 bits per heavy atom. The fraction of sp³-hybridized carbons (Fsp3) is 0.667. The minimum atomic E-state index is 0.333. The maximum atomic E-state index is 6.06. The van der Waals surface area contributed by atoms with E-state index in [-0.39, 0.29) is 0 Å². The quantitative estimate of drug-likeness (QED) is 0.887. The molecule has 1 saturated carbocycles. The van der Waals surface area contributed by atoms with E-state index >= 15 is 0 Å². The molecule has 0 radical (unpaired) electrons. The Morgan fingerprint density at radius 1 is 1.39 bits per heavy atom. The molecular weight excluding hydrogens is 224 g/mol. The van der Waals surface area contributed by atoms with Crippen molar-refractivity contribution in [2.24, 2.45) is 5.92 Å². The summed E-state index contributed by atoms with van der Waals surface area (Å²) in [7, 11) is 1.97. The van der Waals surface area contributed by atoms with E-state index in [9.17, 15) is 0 Å². The predicted molar refractivity (Wildman–Crippen MR) is 73.8 cm³/mol. The third kappa shape index (κ3) is 3.22. The van der Waals surface area contributed by atoms with Gasteiger partial charge in [0.1, 0.15) is 6.10 Å². The van der Waals surface area contributed by atoms with Crippen molar-refractivity contribution in [2.45, 2.75) is 51.7 Å². The molecule has 0 spiro atoms. The molecule has 1 aliphatic carbocycles. The van der Waals surface area contributed by atoms with Crippen LogP contribution in [0.25, 0.3) is 0 Å². The number of aromatic nitrogens is 1. The first-order valence-corrected chi connectivity index (χ1v) is 7.00. The highest BCUT2D eigenvalue weighted by Crippen LogP contribution is 2.28. The first-order chi connectivity index (χ1) is 8.70. The average Bonchev–Trinajstić information content (AvgIpc) is 2.41. The van der Waals surface area contributed by atoms with E-state index in [4.69, 9.17) is 4.74 Å². The van der Waals surface area contributed by atoms with Gasteiger partial charge in [0.15, 0.2) is 0 Å². The summed E-state index contributed by atoms with van der Waals surface area (Å²) in [5.41, 5.74) is 1.23. The Hall–Kier alpha value is -1.09. The van der Waals surface area contributed by atoms with Crippen LogP contribution < -0.4 is 10.1 Å². The molecule has 0 aliphatic heterocycles. The van der Waals surface area contributed by atoms with Gasteiger partial charge in [0, 0.05) is 18.3 Å². The van der Waals surface area contributed by atoms with Crippen LogP contribution in [-0.4, -0.2) is 18.1 Å². The van der Waals surface area contributed by atoms with Crippen molar-refractivity contribution in [1.29, 1.82) is 0 Å². The zero-order valence-electron chi connectivity index (χ0n) is 11.6. The lowest BCUT2D eigenvalue weighted by molar-refractivity contribution is 0.0974. The Kier molecular flexibility index (Phi) is 4.59. The van der Waals surface area contributed by atoms with Gasteiger partial charge < -0.3 is 10.1 Å². The summed E-state index contributed by atoms with van der Waals surface area (Å²) in [5.74, 6) is 1.42. The molecule has 3 unspecified atom stereocenters. The molecule has 1 aromatic rings. The third-order valence-electron chi connectivity index (χ3n) is 4.00. The van der Waals surface area contributed by atoms with Gasteiger partial charge in [-0.15, -0.1) is 0 Å². The van der Waals surface area contributed by atoms with Gasteiger partial charge in [0.2, 0.25) is 5.88 Å². The number of rotatable bonds is 4. The largest absolute Gasteiger partial charge is 0.474 e. The predicted octanol–water partition coefficient (Wildman–Crippen LogP) is 3.32. The van der Waals surface area contributed by atoms with Gasteiger partial charge in [-0.3, -0.25) is 0 Å². The van der Waals surface area contributed by atoms with E-state index < -0.39 is 0 Å². The lowest BCUT2D eigenvalue weighted by atomic mass is 9.88. The minimum Gasteiger partial charge on any atom is -0.474 e. The van der Waals surface area contributed by atoms with Crippen molar-refractivity contribution in [2.75, 3.05) is 7.05 Å². The Balaban J connectivity index is 2.04. The molecule has 0 bridgehead atoms. The van der Waals surface area contributed by atoms with Crippen LogP contribution in [0.5, 0.6) is 5.88 Å². The first kappa shape index (κ1) is 13.3. The molecular formula is C15H24N2O. The molecule has 3 atom stereocenters. The standard InChI is InChI=1S/C15H24N2O/c1-11-6-4-5-7-14(11)18-15-10-13(8-9-17-15)12(2)16-3/h8-12,14,16H,4-7H2,1-3H3. The molecule has 100 valence electrons. The lowest BCUT2D eigenvalue weighted by Crippen LogP contribution is -2.28. The molecule has 0 aromatic carbocycles. The maximum absolute atomic E-state index is 6.06. The van der Waals surface area contributed by atoms with Gasteiger partial charge in [-0.05, 0) is 50.8 Å². The molecule has 1 N–H and O–H groups in total.